The van der Waals surface area contributed by atoms with Crippen molar-refractivity contribution < 1.29 is 29.0 Å². The Kier molecular flexibility index (Phi) is 10.2. The summed E-state index contributed by atoms with van der Waals surface area (Å²) in [5.41, 5.74) is 2.11. The number of urea groups is 1. The molecule has 0 aliphatic carbocycles. The molecule has 2 saturated heterocycles. The number of nitrogens with one attached hydrogen (secondary N) is 1. The van der Waals surface area contributed by atoms with E-state index in [9.17, 15) is 19.5 Å². The van der Waals surface area contributed by atoms with Crippen LogP contribution in [0.4, 0.5) is 15.3 Å². The number of anilines is 1. The lowest BCUT2D eigenvalue weighted by molar-refractivity contribution is -0.122. The lowest BCUT2D eigenvalue weighted by atomic mass is 10.1. The smallest absolute Gasteiger partial charge is 0.407 e. The first-order valence-electron chi connectivity index (χ1n) is 15.5. The molecule has 4 heterocycles. The highest BCUT2D eigenvalue weighted by Crippen LogP contribution is 2.35. The van der Waals surface area contributed by atoms with Gasteiger partial charge in [0, 0.05) is 67.8 Å². The third-order valence-corrected chi connectivity index (χ3v) is 8.81. The van der Waals surface area contributed by atoms with Gasteiger partial charge in [0.1, 0.15) is 12.2 Å². The van der Waals surface area contributed by atoms with Gasteiger partial charge in [0.15, 0.2) is 11.5 Å². The molecule has 2 N–H and O–H groups in total. The molecule has 2 aromatic heterocycles. The molecule has 45 heavy (non-hydrogen) atoms. The molecule has 242 valence electrons. The normalized spacial score (nSPS) is 18.5. The second-order valence-electron chi connectivity index (χ2n) is 11.6. The zero-order valence-electron chi connectivity index (χ0n) is 26.0. The number of carboxylic acid groups (broad SMARTS) is 1. The van der Waals surface area contributed by atoms with Gasteiger partial charge in [0.05, 0.1) is 18.7 Å². The van der Waals surface area contributed by atoms with E-state index in [0.29, 0.717) is 60.2 Å². The maximum Gasteiger partial charge on any atom is 0.407 e. The van der Waals surface area contributed by atoms with Gasteiger partial charge < -0.3 is 34.3 Å². The molecule has 0 spiro atoms. The number of pyridine rings is 1. The first kappa shape index (κ1) is 32.2. The quantitative estimate of drug-likeness (QED) is 0.255. The van der Waals surface area contributed by atoms with Crippen molar-refractivity contribution in [1.82, 2.24) is 24.7 Å². The van der Waals surface area contributed by atoms with Crippen molar-refractivity contribution in [1.29, 1.82) is 0 Å². The fraction of sp³-hybridized carbons (Fsp3) is 0.500. The molecule has 12 nitrogen and oxygen atoms in total. The van der Waals surface area contributed by atoms with Crippen molar-refractivity contribution >= 4 is 46.4 Å². The summed E-state index contributed by atoms with van der Waals surface area (Å²) in [5, 5.41) is 13.2. The standard InChI is InChI=1S/C32H41ClN6O6/c1-4-5-6-15-45-27-16-24(7-8-26(27)44-3)38-14-10-21(2)39(31(38)41)17-22-9-12-34-30-29(22)25(33)19-37(30)20-28(40)35-23-11-13-36(18-23)32(42)43/h7-9,12,16,19,21,23H,4-6,10-11,13-15,17-18,20H2,1-3H3,(H,35,40)(H,42,43)/t21-,23-/m0/s1. The molecule has 2 aliphatic rings. The monoisotopic (exact) mass is 640 g/mol. The van der Waals surface area contributed by atoms with Gasteiger partial charge in [-0.05, 0) is 49.9 Å². The fourth-order valence-corrected chi connectivity index (χ4v) is 6.32. The summed E-state index contributed by atoms with van der Waals surface area (Å²) in [6, 6.07) is 7.06. The Morgan fingerprint density at radius 1 is 1.16 bits per heavy atom. The number of nitrogens with zero attached hydrogens (tertiary/aromatic N) is 5. The number of hydrogen-bond donors (Lipinski definition) is 2. The van der Waals surface area contributed by atoms with Gasteiger partial charge in [-0.25, -0.2) is 14.6 Å². The van der Waals surface area contributed by atoms with Gasteiger partial charge in [0.25, 0.3) is 0 Å². The molecule has 2 fully saturated rings. The summed E-state index contributed by atoms with van der Waals surface area (Å²) < 4.78 is 13.2. The predicted molar refractivity (Wildman–Crippen MR) is 171 cm³/mol. The maximum absolute atomic E-state index is 13.9. The lowest BCUT2D eigenvalue weighted by Gasteiger charge is -2.40. The van der Waals surface area contributed by atoms with E-state index >= 15 is 0 Å². The summed E-state index contributed by atoms with van der Waals surface area (Å²) in [6.07, 6.45) is 6.80. The van der Waals surface area contributed by atoms with E-state index in [1.165, 1.54) is 4.90 Å². The average Bonchev–Trinajstić information content (AvgIpc) is 3.62. The number of likely N-dealkylation sites (tertiary alicyclic amines) is 1. The van der Waals surface area contributed by atoms with Crippen molar-refractivity contribution in [3.63, 3.8) is 0 Å². The number of carbonyl (C=O) groups is 3. The third kappa shape index (κ3) is 7.22. The minimum atomic E-state index is -0.989. The summed E-state index contributed by atoms with van der Waals surface area (Å²) >= 11 is 6.71. The molecule has 5 rings (SSSR count). The van der Waals surface area contributed by atoms with Crippen molar-refractivity contribution in [2.75, 3.05) is 38.3 Å². The van der Waals surface area contributed by atoms with E-state index in [0.717, 1.165) is 36.9 Å². The molecule has 3 aromatic rings. The largest absolute Gasteiger partial charge is 0.493 e. The number of methoxy groups -OCH3 is 1. The average molecular weight is 641 g/mol. The SMILES string of the molecule is CCCCCOc1cc(N2CC[C@H](C)N(Cc3ccnc4c3c(Cl)cn4CC(=O)N[C@H]3CCN(C(=O)O)C3)C2=O)ccc1OC. The Morgan fingerprint density at radius 2 is 1.98 bits per heavy atom. The number of rotatable bonds is 12. The van der Waals surface area contributed by atoms with Gasteiger partial charge >= 0.3 is 12.1 Å². The van der Waals surface area contributed by atoms with E-state index in [1.54, 1.807) is 29.0 Å². The van der Waals surface area contributed by atoms with Crippen LogP contribution in [0.5, 0.6) is 11.5 Å². The summed E-state index contributed by atoms with van der Waals surface area (Å²) in [5.74, 6) is 0.989. The second-order valence-corrected chi connectivity index (χ2v) is 12.1. The highest BCUT2D eigenvalue weighted by atomic mass is 35.5. The predicted octanol–water partition coefficient (Wildman–Crippen LogP) is 5.36. The molecule has 0 bridgehead atoms. The van der Waals surface area contributed by atoms with Gasteiger partial charge in [-0.3, -0.25) is 9.69 Å². The van der Waals surface area contributed by atoms with Crippen molar-refractivity contribution in [2.24, 2.45) is 0 Å². The number of hydrogen-bond acceptors (Lipinski definition) is 6. The van der Waals surface area contributed by atoms with Crippen LogP contribution in [0.25, 0.3) is 11.0 Å². The number of unbranched alkanes of at least 4 members (excludes halogenated alkanes) is 2. The van der Waals surface area contributed by atoms with Crippen LogP contribution in [-0.4, -0.2) is 87.9 Å². The highest BCUT2D eigenvalue weighted by Gasteiger charge is 2.33. The number of ether oxygens (including phenoxy) is 2. The van der Waals surface area contributed by atoms with Crippen LogP contribution >= 0.6 is 11.6 Å². The Morgan fingerprint density at radius 3 is 2.71 bits per heavy atom. The number of aromatic nitrogens is 2. The fourth-order valence-electron chi connectivity index (χ4n) is 6.00. The Labute approximate surface area is 267 Å². The van der Waals surface area contributed by atoms with Crippen LogP contribution in [-0.2, 0) is 17.9 Å². The number of fused-ring (bicyclic) bond motifs is 1. The van der Waals surface area contributed by atoms with E-state index in [2.05, 4.69) is 17.2 Å². The maximum atomic E-state index is 13.9. The van der Waals surface area contributed by atoms with Crippen LogP contribution < -0.4 is 19.7 Å². The van der Waals surface area contributed by atoms with Crippen molar-refractivity contribution in [3.8, 4) is 11.5 Å². The third-order valence-electron chi connectivity index (χ3n) is 8.52. The summed E-state index contributed by atoms with van der Waals surface area (Å²) in [7, 11) is 1.61. The first-order chi connectivity index (χ1) is 21.7. The topological polar surface area (TPSA) is 129 Å². The summed E-state index contributed by atoms with van der Waals surface area (Å²) in [4.78, 5) is 47.4. The molecular formula is C32H41ClN6O6. The van der Waals surface area contributed by atoms with Crippen molar-refractivity contribution in [2.45, 2.75) is 71.1 Å². The van der Waals surface area contributed by atoms with Crippen LogP contribution in [0.1, 0.15) is 51.5 Å². The van der Waals surface area contributed by atoms with Gasteiger partial charge in [-0.2, -0.15) is 0 Å². The van der Waals surface area contributed by atoms with E-state index in [4.69, 9.17) is 21.1 Å². The van der Waals surface area contributed by atoms with Gasteiger partial charge in [-0.15, -0.1) is 0 Å². The number of benzene rings is 1. The zero-order valence-corrected chi connectivity index (χ0v) is 26.8. The molecule has 4 amide bonds. The number of halogens is 1. The van der Waals surface area contributed by atoms with E-state index in [1.807, 2.05) is 36.1 Å². The van der Waals surface area contributed by atoms with Crippen molar-refractivity contribution in [3.05, 3.63) is 47.2 Å². The molecule has 2 aliphatic heterocycles. The van der Waals surface area contributed by atoms with Gasteiger partial charge in [-0.1, -0.05) is 31.4 Å². The minimum absolute atomic E-state index is 0.0107. The Hall–Kier alpha value is -4.19. The van der Waals surface area contributed by atoms with E-state index < -0.39 is 6.09 Å². The Bertz CT molecular complexity index is 1550. The minimum Gasteiger partial charge on any atom is -0.493 e. The molecule has 2 atom stereocenters. The Balaban J connectivity index is 1.31. The highest BCUT2D eigenvalue weighted by molar-refractivity contribution is 6.35. The lowest BCUT2D eigenvalue weighted by Crippen LogP contribution is -2.53. The second kappa shape index (κ2) is 14.3. The van der Waals surface area contributed by atoms with Crippen LogP contribution in [0.3, 0.4) is 0 Å². The molecule has 13 heteroatoms. The van der Waals surface area contributed by atoms with Crippen LogP contribution in [0.15, 0.2) is 36.7 Å². The van der Waals surface area contributed by atoms with Crippen LogP contribution in [0, 0.1) is 0 Å². The number of amides is 4. The first-order valence-corrected chi connectivity index (χ1v) is 15.9. The van der Waals surface area contributed by atoms with Gasteiger partial charge in [0.2, 0.25) is 5.91 Å². The molecular weight excluding hydrogens is 600 g/mol. The summed E-state index contributed by atoms with van der Waals surface area (Å²) in [6.45, 7) is 6.28. The van der Waals surface area contributed by atoms with E-state index in [-0.39, 0.29) is 37.1 Å². The van der Waals surface area contributed by atoms with Crippen LogP contribution in [0.2, 0.25) is 5.02 Å². The molecule has 0 saturated carbocycles. The zero-order chi connectivity index (χ0) is 32.1. The molecule has 0 radical (unpaired) electrons. The molecule has 1 aromatic carbocycles. The number of carbonyl (C=O) groups excluding carboxylic acids is 2. The molecule has 0 unspecified atom stereocenters.